The molecular weight excluding hydrogens is 294 g/mol. The van der Waals surface area contributed by atoms with E-state index >= 15 is 0 Å². The van der Waals surface area contributed by atoms with Gasteiger partial charge in [-0.25, -0.2) is 4.79 Å². The third-order valence-electron chi connectivity index (χ3n) is 5.37. The molecule has 1 saturated carbocycles. The fourth-order valence-corrected chi connectivity index (χ4v) is 4.38. The normalized spacial score (nSPS) is 21.4. The molecule has 23 heavy (non-hydrogen) atoms. The van der Waals surface area contributed by atoms with Gasteiger partial charge in [0, 0.05) is 16.7 Å². The number of aromatic hydroxyl groups is 1. The van der Waals surface area contributed by atoms with E-state index in [-0.39, 0.29) is 5.75 Å². The molecule has 1 N–H and O–H groups in total. The third kappa shape index (κ3) is 2.14. The number of carbonyl (C=O) groups excluding carboxylic acids is 1. The number of phenolic OH excluding ortho intramolecular Hbond substituents is 1. The van der Waals surface area contributed by atoms with E-state index in [2.05, 4.69) is 4.99 Å². The first kappa shape index (κ1) is 14.6. The Morgan fingerprint density at radius 1 is 0.957 bits per heavy atom. The van der Waals surface area contributed by atoms with Crippen molar-refractivity contribution in [3.05, 3.63) is 16.7 Å². The van der Waals surface area contributed by atoms with Crippen LogP contribution in [0.5, 0.6) is 17.2 Å². The van der Waals surface area contributed by atoms with Crippen molar-refractivity contribution in [1.29, 1.82) is 0 Å². The van der Waals surface area contributed by atoms with Crippen molar-refractivity contribution in [3.63, 3.8) is 0 Å². The number of isocyanates is 1. The zero-order valence-electron chi connectivity index (χ0n) is 13.2. The second-order valence-electron chi connectivity index (χ2n) is 6.68. The number of rotatable bonds is 2. The summed E-state index contributed by atoms with van der Waals surface area (Å²) in [6, 6.07) is 0. The second-order valence-corrected chi connectivity index (χ2v) is 6.68. The third-order valence-corrected chi connectivity index (χ3v) is 5.37. The molecule has 122 valence electrons. The first-order valence-electron chi connectivity index (χ1n) is 8.52. The summed E-state index contributed by atoms with van der Waals surface area (Å²) in [6.07, 6.45) is 8.90. The molecular formula is C18H21NO4. The summed E-state index contributed by atoms with van der Waals surface area (Å²) in [5.41, 5.74) is 2.23. The maximum Gasteiger partial charge on any atom is 0.235 e. The van der Waals surface area contributed by atoms with E-state index in [1.165, 1.54) is 0 Å². The first-order chi connectivity index (χ1) is 11.3. The van der Waals surface area contributed by atoms with E-state index in [1.54, 1.807) is 6.08 Å². The molecule has 0 radical (unpaired) electrons. The highest BCUT2D eigenvalue weighted by molar-refractivity contribution is 5.66. The number of hydrogen-bond acceptors (Lipinski definition) is 5. The Morgan fingerprint density at radius 2 is 1.61 bits per heavy atom. The van der Waals surface area contributed by atoms with Crippen LogP contribution in [0.1, 0.15) is 55.2 Å². The molecule has 0 aromatic heterocycles. The van der Waals surface area contributed by atoms with Gasteiger partial charge < -0.3 is 14.6 Å². The van der Waals surface area contributed by atoms with Crippen molar-refractivity contribution < 1.29 is 19.4 Å². The summed E-state index contributed by atoms with van der Waals surface area (Å²) in [5, 5.41) is 10.6. The average molecular weight is 315 g/mol. The van der Waals surface area contributed by atoms with Gasteiger partial charge in [-0.05, 0) is 38.5 Å². The van der Waals surface area contributed by atoms with Crippen molar-refractivity contribution in [3.8, 4) is 17.2 Å². The molecule has 0 saturated heterocycles. The Labute approximate surface area is 135 Å². The van der Waals surface area contributed by atoms with Gasteiger partial charge in [0.05, 0.1) is 13.2 Å². The fourth-order valence-electron chi connectivity index (χ4n) is 4.38. The van der Waals surface area contributed by atoms with Gasteiger partial charge >= 0.3 is 0 Å². The average Bonchev–Trinajstić information content (AvgIpc) is 3.05. The topological polar surface area (TPSA) is 68.1 Å². The monoisotopic (exact) mass is 315 g/mol. The van der Waals surface area contributed by atoms with Gasteiger partial charge in [-0.2, -0.15) is 4.99 Å². The SMILES string of the molecule is O=C=NC1(c2c3c(c(O)c4c2OCCC4)OCCC3)CCCC1. The number of hydrogen-bond donors (Lipinski definition) is 1. The van der Waals surface area contributed by atoms with Crippen LogP contribution in [0.4, 0.5) is 0 Å². The molecule has 3 aliphatic rings. The minimum absolute atomic E-state index is 0.223. The van der Waals surface area contributed by atoms with Crippen LogP contribution in [0, 0.1) is 0 Å². The van der Waals surface area contributed by atoms with Crippen LogP contribution in [0.2, 0.25) is 0 Å². The summed E-state index contributed by atoms with van der Waals surface area (Å²) < 4.78 is 11.8. The molecule has 1 fully saturated rings. The van der Waals surface area contributed by atoms with Crippen molar-refractivity contribution in [1.82, 2.24) is 0 Å². The molecule has 5 nitrogen and oxygen atoms in total. The van der Waals surface area contributed by atoms with Crippen LogP contribution in [0.15, 0.2) is 4.99 Å². The lowest BCUT2D eigenvalue weighted by molar-refractivity contribution is 0.246. The highest BCUT2D eigenvalue weighted by Crippen LogP contribution is 2.55. The van der Waals surface area contributed by atoms with Gasteiger partial charge in [0.15, 0.2) is 11.5 Å². The number of ether oxygens (including phenoxy) is 2. The van der Waals surface area contributed by atoms with Crippen molar-refractivity contribution in [2.45, 2.75) is 56.9 Å². The Bertz CT molecular complexity index is 648. The molecule has 0 amide bonds. The van der Waals surface area contributed by atoms with E-state index < -0.39 is 5.54 Å². The maximum absolute atomic E-state index is 11.1. The number of aliphatic imine (C=N–C) groups is 1. The second kappa shape index (κ2) is 5.57. The Hall–Kier alpha value is -2.00. The molecule has 1 aromatic carbocycles. The predicted octanol–water partition coefficient (Wildman–Crippen LogP) is 3.15. The van der Waals surface area contributed by atoms with Gasteiger partial charge in [-0.3, -0.25) is 0 Å². The zero-order valence-corrected chi connectivity index (χ0v) is 13.2. The molecule has 1 aliphatic carbocycles. The van der Waals surface area contributed by atoms with Crippen LogP contribution in [0.25, 0.3) is 0 Å². The standard InChI is InChI=1S/C18H21NO4/c20-11-19-18(7-1-2-8-18)14-12-5-3-10-23-17(12)15(21)13-6-4-9-22-16(13)14/h21H,1-10H2. The number of fused-ring (bicyclic) bond motifs is 2. The van der Waals surface area contributed by atoms with Gasteiger partial charge in [0.2, 0.25) is 6.08 Å². The molecule has 2 heterocycles. The van der Waals surface area contributed by atoms with Gasteiger partial charge in [-0.1, -0.05) is 12.8 Å². The van der Waals surface area contributed by atoms with Crippen LogP contribution in [-0.4, -0.2) is 24.4 Å². The Morgan fingerprint density at radius 3 is 2.30 bits per heavy atom. The molecule has 0 unspecified atom stereocenters. The summed E-state index contributed by atoms with van der Waals surface area (Å²) in [6.45, 7) is 1.25. The molecule has 0 bridgehead atoms. The highest BCUT2D eigenvalue weighted by Gasteiger charge is 2.43. The highest BCUT2D eigenvalue weighted by atomic mass is 16.5. The van der Waals surface area contributed by atoms with Crippen molar-refractivity contribution >= 4 is 6.08 Å². The summed E-state index contributed by atoms with van der Waals surface area (Å²) in [5.74, 6) is 1.56. The molecule has 2 aliphatic heterocycles. The van der Waals surface area contributed by atoms with Crippen molar-refractivity contribution in [2.75, 3.05) is 13.2 Å². The van der Waals surface area contributed by atoms with Gasteiger partial charge in [0.1, 0.15) is 11.3 Å². The fraction of sp³-hybridized carbons (Fsp3) is 0.611. The van der Waals surface area contributed by atoms with Crippen LogP contribution < -0.4 is 9.47 Å². The van der Waals surface area contributed by atoms with E-state index in [0.717, 1.165) is 73.8 Å². The maximum atomic E-state index is 11.1. The van der Waals surface area contributed by atoms with E-state index in [1.807, 2.05) is 0 Å². The molecule has 1 aromatic rings. The predicted molar refractivity (Wildman–Crippen MR) is 84.0 cm³/mol. The summed E-state index contributed by atoms with van der Waals surface area (Å²) in [7, 11) is 0. The molecule has 0 spiro atoms. The zero-order chi connectivity index (χ0) is 15.9. The summed E-state index contributed by atoms with van der Waals surface area (Å²) in [4.78, 5) is 15.4. The quantitative estimate of drug-likeness (QED) is 0.672. The lowest BCUT2D eigenvalue weighted by Crippen LogP contribution is -2.27. The minimum Gasteiger partial charge on any atom is -0.504 e. The smallest absolute Gasteiger partial charge is 0.235 e. The molecule has 5 heteroatoms. The van der Waals surface area contributed by atoms with E-state index in [4.69, 9.17) is 9.47 Å². The lowest BCUT2D eigenvalue weighted by Gasteiger charge is -2.34. The van der Waals surface area contributed by atoms with Crippen LogP contribution >= 0.6 is 0 Å². The number of nitrogens with zero attached hydrogens (tertiary/aromatic N) is 1. The minimum atomic E-state index is -0.554. The van der Waals surface area contributed by atoms with Gasteiger partial charge in [0.25, 0.3) is 0 Å². The lowest BCUT2D eigenvalue weighted by atomic mass is 9.80. The Balaban J connectivity index is 2.02. The largest absolute Gasteiger partial charge is 0.504 e. The Kier molecular flexibility index (Phi) is 3.53. The van der Waals surface area contributed by atoms with Gasteiger partial charge in [-0.15, -0.1) is 0 Å². The molecule has 0 atom stereocenters. The van der Waals surface area contributed by atoms with E-state index in [9.17, 15) is 9.90 Å². The number of phenols is 1. The number of benzene rings is 1. The van der Waals surface area contributed by atoms with Crippen LogP contribution in [0.3, 0.4) is 0 Å². The van der Waals surface area contributed by atoms with Crippen molar-refractivity contribution in [2.24, 2.45) is 4.99 Å². The van der Waals surface area contributed by atoms with E-state index in [0.29, 0.717) is 19.0 Å². The van der Waals surface area contributed by atoms with Crippen LogP contribution in [-0.2, 0) is 23.2 Å². The first-order valence-corrected chi connectivity index (χ1v) is 8.52. The summed E-state index contributed by atoms with van der Waals surface area (Å²) >= 11 is 0. The molecule has 4 rings (SSSR count).